The predicted molar refractivity (Wildman–Crippen MR) is 122 cm³/mol. The van der Waals surface area contributed by atoms with Crippen molar-refractivity contribution >= 4 is 17.7 Å². The maximum absolute atomic E-state index is 12.4. The first-order valence-electron chi connectivity index (χ1n) is 10.5. The van der Waals surface area contributed by atoms with E-state index in [1.807, 2.05) is 19.1 Å². The van der Waals surface area contributed by atoms with Gasteiger partial charge in [0.15, 0.2) is 11.0 Å². The third kappa shape index (κ3) is 4.90. The first-order valence-corrected chi connectivity index (χ1v) is 11.5. The molecule has 6 nitrogen and oxygen atoms in total. The Morgan fingerprint density at radius 1 is 1.10 bits per heavy atom. The molecule has 0 spiro atoms. The Kier molecular flexibility index (Phi) is 7.63. The number of hydrogen-bond acceptors (Lipinski definition) is 5. The van der Waals surface area contributed by atoms with Crippen LogP contribution in [0.2, 0.25) is 0 Å². The number of hydrogen-bond donors (Lipinski definition) is 1. The van der Waals surface area contributed by atoms with Gasteiger partial charge in [-0.25, -0.2) is 0 Å². The molecule has 158 valence electrons. The average Bonchev–Trinajstić information content (AvgIpc) is 3.20. The number of thioether (sulfide) groups is 1. The van der Waals surface area contributed by atoms with E-state index in [-0.39, 0.29) is 11.9 Å². The molecule has 0 bridgehead atoms. The van der Waals surface area contributed by atoms with E-state index < -0.39 is 0 Å². The summed E-state index contributed by atoms with van der Waals surface area (Å²) in [5, 5.41) is 12.7. The Balaban J connectivity index is 2.06. The van der Waals surface area contributed by atoms with Crippen LogP contribution in [0.1, 0.15) is 45.2 Å². The van der Waals surface area contributed by atoms with Gasteiger partial charge in [-0.2, -0.15) is 0 Å². The summed E-state index contributed by atoms with van der Waals surface area (Å²) in [5.41, 5.74) is 4.46. The number of carbonyl (C=O) groups excluding carboxylic acids is 1. The fraction of sp³-hybridized carbons (Fsp3) is 0.391. The van der Waals surface area contributed by atoms with Crippen LogP contribution in [0.25, 0.3) is 17.1 Å². The van der Waals surface area contributed by atoms with Crippen LogP contribution in [-0.4, -0.2) is 37.5 Å². The monoisotopic (exact) mass is 423 g/mol. The summed E-state index contributed by atoms with van der Waals surface area (Å²) >= 11 is 1.41. The first kappa shape index (κ1) is 22.0. The normalized spacial score (nSPS) is 12.0. The Labute approximate surface area is 182 Å². The molecule has 1 amide bonds. The predicted octanol–water partition coefficient (Wildman–Crippen LogP) is 4.46. The SMILES string of the molecule is CCc1cccc(CC)c1-n1c(SCC(=O)N[C@H](C)CC)nnc1-c1cccnc1. The molecular weight excluding hydrogens is 394 g/mol. The maximum Gasteiger partial charge on any atom is 0.230 e. The Hall–Kier alpha value is -2.67. The number of aryl methyl sites for hydroxylation is 2. The molecule has 2 heterocycles. The van der Waals surface area contributed by atoms with Gasteiger partial charge in [0, 0.05) is 24.0 Å². The lowest BCUT2D eigenvalue weighted by atomic mass is 10.0. The number of benzene rings is 1. The fourth-order valence-electron chi connectivity index (χ4n) is 3.30. The molecule has 0 aliphatic carbocycles. The van der Waals surface area contributed by atoms with Crippen molar-refractivity contribution in [3.8, 4) is 17.1 Å². The third-order valence-corrected chi connectivity index (χ3v) is 6.02. The summed E-state index contributed by atoms with van der Waals surface area (Å²) in [6, 6.07) is 10.4. The van der Waals surface area contributed by atoms with Gasteiger partial charge in [-0.1, -0.05) is 50.7 Å². The molecule has 3 rings (SSSR count). The van der Waals surface area contributed by atoms with E-state index in [9.17, 15) is 4.79 Å². The molecule has 1 aromatic carbocycles. The number of amides is 1. The van der Waals surface area contributed by atoms with Crippen molar-refractivity contribution in [2.45, 2.75) is 58.2 Å². The molecule has 1 N–H and O–H groups in total. The molecule has 0 saturated heterocycles. The second-order valence-corrected chi connectivity index (χ2v) is 8.12. The average molecular weight is 424 g/mol. The summed E-state index contributed by atoms with van der Waals surface area (Å²) in [4.78, 5) is 16.6. The molecule has 0 unspecified atom stereocenters. The zero-order valence-corrected chi connectivity index (χ0v) is 18.9. The molecule has 2 aromatic heterocycles. The quantitative estimate of drug-likeness (QED) is 0.515. The lowest BCUT2D eigenvalue weighted by molar-refractivity contribution is -0.119. The van der Waals surface area contributed by atoms with Crippen molar-refractivity contribution < 1.29 is 4.79 Å². The third-order valence-electron chi connectivity index (χ3n) is 5.09. The molecule has 3 aromatic rings. The van der Waals surface area contributed by atoms with Gasteiger partial charge >= 0.3 is 0 Å². The van der Waals surface area contributed by atoms with Crippen LogP contribution in [0.5, 0.6) is 0 Å². The smallest absolute Gasteiger partial charge is 0.230 e. The Morgan fingerprint density at radius 3 is 2.43 bits per heavy atom. The summed E-state index contributed by atoms with van der Waals surface area (Å²) in [6.07, 6.45) is 6.24. The standard InChI is InChI=1S/C23H29N5OS/c1-5-16(4)25-20(29)15-30-23-27-26-22(19-12-9-13-24-14-19)28(23)21-17(6-2)10-8-11-18(21)7-3/h8-14,16H,5-7,15H2,1-4H3,(H,25,29)/t16-/m1/s1. The Morgan fingerprint density at radius 2 is 1.83 bits per heavy atom. The molecule has 0 fully saturated rings. The van der Waals surface area contributed by atoms with E-state index in [0.29, 0.717) is 10.9 Å². The second kappa shape index (κ2) is 10.4. The number of nitrogens with zero attached hydrogens (tertiary/aromatic N) is 4. The number of nitrogens with one attached hydrogen (secondary N) is 1. The van der Waals surface area contributed by atoms with Crippen LogP contribution < -0.4 is 5.32 Å². The van der Waals surface area contributed by atoms with Crippen molar-refractivity contribution in [2.24, 2.45) is 0 Å². The minimum Gasteiger partial charge on any atom is -0.353 e. The maximum atomic E-state index is 12.4. The van der Waals surface area contributed by atoms with Crippen LogP contribution in [0.4, 0.5) is 0 Å². The summed E-state index contributed by atoms with van der Waals surface area (Å²) in [7, 11) is 0. The zero-order valence-electron chi connectivity index (χ0n) is 18.1. The highest BCUT2D eigenvalue weighted by Crippen LogP contribution is 2.32. The molecular formula is C23H29N5OS. The fourth-order valence-corrected chi connectivity index (χ4v) is 4.05. The molecule has 30 heavy (non-hydrogen) atoms. The molecule has 0 radical (unpaired) electrons. The molecule has 7 heteroatoms. The Bertz CT molecular complexity index is 964. The molecule has 1 atom stereocenters. The first-order chi connectivity index (χ1) is 14.6. The molecule has 0 aliphatic heterocycles. The number of aromatic nitrogens is 4. The summed E-state index contributed by atoms with van der Waals surface area (Å²) in [6.45, 7) is 8.37. The zero-order chi connectivity index (χ0) is 21.5. The highest BCUT2D eigenvalue weighted by molar-refractivity contribution is 7.99. The molecule has 0 saturated carbocycles. The van der Waals surface area contributed by atoms with Crippen LogP contribution in [0.3, 0.4) is 0 Å². The van der Waals surface area contributed by atoms with Gasteiger partial charge in [-0.15, -0.1) is 10.2 Å². The lowest BCUT2D eigenvalue weighted by Crippen LogP contribution is -2.33. The van der Waals surface area contributed by atoms with Crippen molar-refractivity contribution in [1.82, 2.24) is 25.1 Å². The van der Waals surface area contributed by atoms with E-state index in [1.165, 1.54) is 22.9 Å². The number of para-hydroxylation sites is 1. The van der Waals surface area contributed by atoms with Crippen LogP contribution in [-0.2, 0) is 17.6 Å². The second-order valence-electron chi connectivity index (χ2n) is 7.18. The minimum atomic E-state index is 0.00585. The number of carbonyl (C=O) groups is 1. The minimum absolute atomic E-state index is 0.00585. The topological polar surface area (TPSA) is 72.7 Å². The lowest BCUT2D eigenvalue weighted by Gasteiger charge is -2.18. The van der Waals surface area contributed by atoms with Gasteiger partial charge in [-0.3, -0.25) is 14.3 Å². The van der Waals surface area contributed by atoms with Gasteiger partial charge in [0.05, 0.1) is 11.4 Å². The van der Waals surface area contributed by atoms with Gasteiger partial charge in [-0.05, 0) is 49.4 Å². The van der Waals surface area contributed by atoms with E-state index in [2.05, 4.69) is 64.0 Å². The van der Waals surface area contributed by atoms with E-state index >= 15 is 0 Å². The van der Waals surface area contributed by atoms with E-state index in [4.69, 9.17) is 0 Å². The highest BCUT2D eigenvalue weighted by atomic mass is 32.2. The summed E-state index contributed by atoms with van der Waals surface area (Å²) in [5.74, 6) is 1.04. The van der Waals surface area contributed by atoms with Crippen molar-refractivity contribution in [2.75, 3.05) is 5.75 Å². The van der Waals surface area contributed by atoms with Gasteiger partial charge < -0.3 is 5.32 Å². The van der Waals surface area contributed by atoms with E-state index in [0.717, 1.165) is 36.3 Å². The van der Waals surface area contributed by atoms with Crippen LogP contribution in [0, 0.1) is 0 Å². The number of pyridine rings is 1. The van der Waals surface area contributed by atoms with E-state index in [1.54, 1.807) is 12.4 Å². The van der Waals surface area contributed by atoms with Crippen molar-refractivity contribution in [3.63, 3.8) is 0 Å². The van der Waals surface area contributed by atoms with Gasteiger partial charge in [0.25, 0.3) is 0 Å². The van der Waals surface area contributed by atoms with Crippen molar-refractivity contribution in [1.29, 1.82) is 0 Å². The van der Waals surface area contributed by atoms with Gasteiger partial charge in [0.2, 0.25) is 5.91 Å². The van der Waals surface area contributed by atoms with Crippen LogP contribution >= 0.6 is 11.8 Å². The van der Waals surface area contributed by atoms with Crippen molar-refractivity contribution in [3.05, 3.63) is 53.9 Å². The largest absolute Gasteiger partial charge is 0.353 e. The van der Waals surface area contributed by atoms with Crippen LogP contribution in [0.15, 0.2) is 47.9 Å². The number of rotatable bonds is 9. The molecule has 0 aliphatic rings. The van der Waals surface area contributed by atoms with Gasteiger partial charge in [0.1, 0.15) is 0 Å². The highest BCUT2D eigenvalue weighted by Gasteiger charge is 2.21. The summed E-state index contributed by atoms with van der Waals surface area (Å²) < 4.78 is 2.09.